The zero-order chi connectivity index (χ0) is 22.8. The van der Waals surface area contributed by atoms with Gasteiger partial charge >= 0.3 is 0 Å². The summed E-state index contributed by atoms with van der Waals surface area (Å²) in [7, 11) is 0. The number of hydrogen-bond acceptors (Lipinski definition) is 1. The average molecular weight is 429 g/mol. The van der Waals surface area contributed by atoms with Crippen molar-refractivity contribution in [2.45, 2.75) is 126 Å². The summed E-state index contributed by atoms with van der Waals surface area (Å²) in [6.45, 7) is 19.7. The molecule has 4 rings (SSSR count). The Labute approximate surface area is 193 Å². The number of carbonyl (C=O) groups is 1. The first-order valence-electron chi connectivity index (χ1n) is 13.9. The van der Waals surface area contributed by atoms with Crippen molar-refractivity contribution in [2.24, 2.45) is 57.2 Å². The van der Waals surface area contributed by atoms with Gasteiger partial charge in [0.15, 0.2) is 0 Å². The number of carbonyl (C=O) groups excluding carboxylic acids is 1. The molecule has 0 radical (unpaired) electrons. The van der Waals surface area contributed by atoms with Gasteiger partial charge < -0.3 is 0 Å². The van der Waals surface area contributed by atoms with Gasteiger partial charge in [0.2, 0.25) is 0 Å². The fraction of sp³-hybridized carbons (Fsp3) is 0.967. The quantitative estimate of drug-likeness (QED) is 0.428. The van der Waals surface area contributed by atoms with Gasteiger partial charge in [-0.3, -0.25) is 4.79 Å². The molecule has 4 fully saturated rings. The van der Waals surface area contributed by atoms with E-state index in [4.69, 9.17) is 0 Å². The first-order chi connectivity index (χ1) is 14.4. The van der Waals surface area contributed by atoms with Crippen LogP contribution in [0.4, 0.5) is 0 Å². The molecule has 0 unspecified atom stereocenters. The minimum absolute atomic E-state index is 0.240. The molecule has 178 valence electrons. The van der Waals surface area contributed by atoms with E-state index in [0.717, 1.165) is 36.0 Å². The van der Waals surface area contributed by atoms with E-state index >= 15 is 0 Å². The molecule has 1 nitrogen and oxygen atoms in total. The molecule has 4 aliphatic rings. The minimum atomic E-state index is 0.240. The predicted octanol–water partition coefficient (Wildman–Crippen LogP) is 8.70. The second-order valence-corrected chi connectivity index (χ2v) is 14.3. The number of hydrogen-bond donors (Lipinski definition) is 0. The van der Waals surface area contributed by atoms with Gasteiger partial charge in [-0.25, -0.2) is 0 Å². The molecule has 0 aromatic carbocycles. The molecule has 0 bridgehead atoms. The van der Waals surface area contributed by atoms with Gasteiger partial charge in [-0.15, -0.1) is 0 Å². The zero-order valence-electron chi connectivity index (χ0n) is 22.2. The summed E-state index contributed by atoms with van der Waals surface area (Å²) >= 11 is 0. The number of fused-ring (bicyclic) bond motifs is 5. The van der Waals surface area contributed by atoms with Crippen LogP contribution in [0.1, 0.15) is 126 Å². The van der Waals surface area contributed by atoms with Gasteiger partial charge in [0.05, 0.1) is 0 Å². The lowest BCUT2D eigenvalue weighted by atomic mass is 9.38. The smallest absolute Gasteiger partial charge is 0.132 e. The molecule has 4 aliphatic carbocycles. The molecular formula is C30H52O. The highest BCUT2D eigenvalue weighted by Gasteiger charge is 2.66. The van der Waals surface area contributed by atoms with E-state index in [1.54, 1.807) is 6.92 Å². The summed E-state index contributed by atoms with van der Waals surface area (Å²) < 4.78 is 0. The van der Waals surface area contributed by atoms with E-state index in [1.807, 2.05) is 0 Å². The van der Waals surface area contributed by atoms with Crippen molar-refractivity contribution in [1.82, 2.24) is 0 Å². The summed E-state index contributed by atoms with van der Waals surface area (Å²) in [5.41, 5.74) is 2.15. The summed E-state index contributed by atoms with van der Waals surface area (Å²) in [5.74, 6) is 5.05. The first kappa shape index (κ1) is 23.8. The first-order valence-corrected chi connectivity index (χ1v) is 13.9. The minimum Gasteiger partial charge on any atom is -0.300 e. The second-order valence-electron chi connectivity index (χ2n) is 14.3. The molecule has 9 atom stereocenters. The van der Waals surface area contributed by atoms with Crippen LogP contribution in [0.3, 0.4) is 0 Å². The zero-order valence-corrected chi connectivity index (χ0v) is 22.2. The third kappa shape index (κ3) is 3.49. The maximum Gasteiger partial charge on any atom is 0.132 e. The van der Waals surface area contributed by atoms with E-state index in [1.165, 1.54) is 64.2 Å². The lowest BCUT2D eigenvalue weighted by Crippen LogP contribution is -2.59. The molecule has 1 heteroatoms. The molecule has 0 aromatic heterocycles. The van der Waals surface area contributed by atoms with Crippen molar-refractivity contribution in [2.75, 3.05) is 0 Å². The van der Waals surface area contributed by atoms with E-state index < -0.39 is 0 Å². The number of rotatable bonds is 5. The highest BCUT2D eigenvalue weighted by Crippen LogP contribution is 2.74. The molecule has 0 amide bonds. The van der Waals surface area contributed by atoms with Crippen molar-refractivity contribution < 1.29 is 4.79 Å². The molecule has 0 heterocycles. The highest BCUT2D eigenvalue weighted by molar-refractivity contribution is 5.77. The lowest BCUT2D eigenvalue weighted by Gasteiger charge is -2.67. The number of ketones is 1. The SMILES string of the molecule is CC(=O)[C@H](C)CC[C@@H](C)[C@H]1CC[C@@]2(C)[C@@H]3CC[C@H]4C(C)(C)CCC[C@]4(C)[C@H]3CC[C@]12C. The van der Waals surface area contributed by atoms with E-state index in [2.05, 4.69) is 48.5 Å². The Kier molecular flexibility index (Phi) is 6.05. The Bertz CT molecular complexity index is 693. The Morgan fingerprint density at radius 2 is 1.48 bits per heavy atom. The maximum atomic E-state index is 11.8. The molecule has 0 saturated heterocycles. The highest BCUT2D eigenvalue weighted by atomic mass is 16.1. The Morgan fingerprint density at radius 1 is 0.806 bits per heavy atom. The summed E-state index contributed by atoms with van der Waals surface area (Å²) in [5, 5.41) is 0. The average Bonchev–Trinajstić information content (AvgIpc) is 2.96. The summed E-state index contributed by atoms with van der Waals surface area (Å²) in [4.78, 5) is 11.8. The van der Waals surface area contributed by atoms with Crippen molar-refractivity contribution in [3.8, 4) is 0 Å². The molecule has 4 saturated carbocycles. The topological polar surface area (TPSA) is 17.1 Å². The van der Waals surface area contributed by atoms with Crippen LogP contribution in [-0.4, -0.2) is 5.78 Å². The largest absolute Gasteiger partial charge is 0.300 e. The lowest BCUT2D eigenvalue weighted by molar-refractivity contribution is -0.179. The maximum absolute atomic E-state index is 11.8. The monoisotopic (exact) mass is 428 g/mol. The second kappa shape index (κ2) is 7.87. The van der Waals surface area contributed by atoms with Crippen molar-refractivity contribution in [3.05, 3.63) is 0 Å². The van der Waals surface area contributed by atoms with Crippen LogP contribution in [-0.2, 0) is 4.79 Å². The van der Waals surface area contributed by atoms with Crippen molar-refractivity contribution >= 4 is 5.78 Å². The van der Waals surface area contributed by atoms with Gasteiger partial charge in [0.1, 0.15) is 5.78 Å². The van der Waals surface area contributed by atoms with Gasteiger partial charge in [-0.05, 0) is 122 Å². The third-order valence-electron chi connectivity index (χ3n) is 12.7. The molecule has 0 aromatic rings. The fourth-order valence-corrected chi connectivity index (χ4v) is 10.5. The standard InChI is InChI=1S/C30H52O/c1-20(22(3)31)10-11-21(2)23-14-18-30(8)25-12-13-26-27(4,5)16-9-17-28(26,6)24(25)15-19-29(23,30)7/h20-21,23-26H,9-19H2,1-8H3/t20-,21-,23-,24+,25-,26+,28-,29-,30+/m1/s1. The Balaban J connectivity index is 1.55. The molecular weight excluding hydrogens is 376 g/mol. The fourth-order valence-electron chi connectivity index (χ4n) is 10.5. The van der Waals surface area contributed by atoms with E-state index in [9.17, 15) is 4.79 Å². The Hall–Kier alpha value is -0.330. The van der Waals surface area contributed by atoms with E-state index in [0.29, 0.717) is 27.4 Å². The van der Waals surface area contributed by atoms with Gasteiger partial charge in [0, 0.05) is 5.92 Å². The number of Topliss-reactive ketones (excluding diaryl/α,β-unsaturated/α-hetero) is 1. The van der Waals surface area contributed by atoms with Gasteiger partial charge in [0.25, 0.3) is 0 Å². The Morgan fingerprint density at radius 3 is 2.16 bits per heavy atom. The molecule has 0 spiro atoms. The van der Waals surface area contributed by atoms with Crippen LogP contribution in [0.5, 0.6) is 0 Å². The summed E-state index contributed by atoms with van der Waals surface area (Å²) in [6.07, 6.45) is 15.5. The molecule has 0 N–H and O–H groups in total. The molecule has 0 aliphatic heterocycles. The van der Waals surface area contributed by atoms with Crippen LogP contribution >= 0.6 is 0 Å². The van der Waals surface area contributed by atoms with Crippen LogP contribution in [0.25, 0.3) is 0 Å². The summed E-state index contributed by atoms with van der Waals surface area (Å²) in [6, 6.07) is 0. The van der Waals surface area contributed by atoms with Crippen molar-refractivity contribution in [1.29, 1.82) is 0 Å². The molecule has 31 heavy (non-hydrogen) atoms. The van der Waals surface area contributed by atoms with Crippen LogP contribution in [0.2, 0.25) is 0 Å². The normalized spacial score (nSPS) is 48.3. The van der Waals surface area contributed by atoms with E-state index in [-0.39, 0.29) is 5.92 Å². The predicted molar refractivity (Wildman–Crippen MR) is 132 cm³/mol. The van der Waals surface area contributed by atoms with Gasteiger partial charge in [-0.2, -0.15) is 0 Å². The van der Waals surface area contributed by atoms with Gasteiger partial charge in [-0.1, -0.05) is 54.9 Å². The van der Waals surface area contributed by atoms with Crippen LogP contribution in [0, 0.1) is 57.2 Å². The van der Waals surface area contributed by atoms with Crippen LogP contribution in [0.15, 0.2) is 0 Å². The third-order valence-corrected chi connectivity index (χ3v) is 12.7. The van der Waals surface area contributed by atoms with Crippen LogP contribution < -0.4 is 0 Å². The van der Waals surface area contributed by atoms with Crippen molar-refractivity contribution in [3.63, 3.8) is 0 Å².